The zero-order valence-corrected chi connectivity index (χ0v) is 16.5. The summed E-state index contributed by atoms with van der Waals surface area (Å²) < 4.78 is 30.8. The van der Waals surface area contributed by atoms with Crippen molar-refractivity contribution in [2.24, 2.45) is 0 Å². The van der Waals surface area contributed by atoms with Crippen molar-refractivity contribution in [3.63, 3.8) is 0 Å². The summed E-state index contributed by atoms with van der Waals surface area (Å²) in [7, 11) is -0.346. The molecule has 1 atom stereocenters. The predicted octanol–water partition coefficient (Wildman–Crippen LogP) is 3.50. The highest BCUT2D eigenvalue weighted by Gasteiger charge is 2.17. The Kier molecular flexibility index (Phi) is 5.57. The zero-order valence-electron chi connectivity index (χ0n) is 14.8. The molecule has 6 nitrogen and oxygen atoms in total. The van der Waals surface area contributed by atoms with Crippen molar-refractivity contribution >= 4 is 21.4 Å². The molecule has 2 heterocycles. The summed E-state index contributed by atoms with van der Waals surface area (Å²) in [6.07, 6.45) is 1.64. The molecule has 0 bridgehead atoms. The minimum atomic E-state index is -3.40. The Hall–Kier alpha value is -2.00. The molecule has 3 rings (SSSR count). The van der Waals surface area contributed by atoms with E-state index in [4.69, 9.17) is 4.42 Å². The Balaban J connectivity index is 1.63. The minimum absolute atomic E-state index is 0.0693. The van der Waals surface area contributed by atoms with Crippen LogP contribution in [0.2, 0.25) is 0 Å². The fraction of sp³-hybridized carbons (Fsp3) is 0.278. The van der Waals surface area contributed by atoms with Crippen LogP contribution in [0.3, 0.4) is 0 Å². The lowest BCUT2D eigenvalue weighted by Gasteiger charge is -2.15. The van der Waals surface area contributed by atoms with Crippen molar-refractivity contribution in [3.05, 3.63) is 59.3 Å². The van der Waals surface area contributed by atoms with Gasteiger partial charge in [0, 0.05) is 32.1 Å². The normalized spacial score (nSPS) is 13.2. The maximum atomic E-state index is 12.1. The van der Waals surface area contributed by atoms with E-state index >= 15 is 0 Å². The van der Waals surface area contributed by atoms with E-state index in [0.29, 0.717) is 11.4 Å². The van der Waals surface area contributed by atoms with Gasteiger partial charge in [-0.25, -0.2) is 17.7 Å². The van der Waals surface area contributed by atoms with Crippen LogP contribution in [-0.4, -0.2) is 31.8 Å². The van der Waals surface area contributed by atoms with Crippen LogP contribution in [0.15, 0.2) is 57.4 Å². The van der Waals surface area contributed by atoms with Crippen LogP contribution in [-0.2, 0) is 16.6 Å². The molecule has 1 unspecified atom stereocenters. The molecule has 0 saturated heterocycles. The fourth-order valence-electron chi connectivity index (χ4n) is 2.42. The average Bonchev–Trinajstić information content (AvgIpc) is 3.31. The molecule has 0 aliphatic rings. The Bertz CT molecular complexity index is 946. The summed E-state index contributed by atoms with van der Waals surface area (Å²) in [6.45, 7) is 2.66. The van der Waals surface area contributed by atoms with Gasteiger partial charge in [0.1, 0.15) is 0 Å². The zero-order chi connectivity index (χ0) is 18.7. The summed E-state index contributed by atoms with van der Waals surface area (Å²) in [5.74, 6) is 0.770. The molecule has 0 fully saturated rings. The third-order valence-electron chi connectivity index (χ3n) is 4.03. The van der Waals surface area contributed by atoms with Crippen molar-refractivity contribution < 1.29 is 12.8 Å². The van der Waals surface area contributed by atoms with Gasteiger partial charge in [-0.05, 0) is 36.8 Å². The molecule has 0 spiro atoms. The fourth-order valence-corrected chi connectivity index (χ4v) is 4.10. The van der Waals surface area contributed by atoms with Gasteiger partial charge in [0.2, 0.25) is 10.0 Å². The second-order valence-electron chi connectivity index (χ2n) is 6.08. The molecule has 1 aromatic carbocycles. The second kappa shape index (κ2) is 7.71. The quantitative estimate of drug-likeness (QED) is 0.667. The molecule has 138 valence electrons. The summed E-state index contributed by atoms with van der Waals surface area (Å²) in [4.78, 5) is 4.85. The van der Waals surface area contributed by atoms with Gasteiger partial charge in [0.25, 0.3) is 0 Å². The number of rotatable bonds is 7. The molecule has 0 aliphatic carbocycles. The number of benzene rings is 1. The number of nitrogens with one attached hydrogen (secondary N) is 1. The van der Waals surface area contributed by atoms with Crippen molar-refractivity contribution in [2.45, 2.75) is 24.4 Å². The maximum absolute atomic E-state index is 12.1. The van der Waals surface area contributed by atoms with Crippen LogP contribution in [0.25, 0.3) is 10.8 Å². The van der Waals surface area contributed by atoms with E-state index in [1.807, 2.05) is 36.6 Å². The summed E-state index contributed by atoms with van der Waals surface area (Å²) >= 11 is 1.55. The van der Waals surface area contributed by atoms with E-state index in [0.717, 1.165) is 22.0 Å². The van der Waals surface area contributed by atoms with Crippen LogP contribution >= 0.6 is 11.3 Å². The Morgan fingerprint density at radius 1 is 1.23 bits per heavy atom. The smallest absolute Gasteiger partial charge is 0.242 e. The summed E-state index contributed by atoms with van der Waals surface area (Å²) in [5, 5.41) is 6.27. The molecule has 0 saturated carbocycles. The van der Waals surface area contributed by atoms with E-state index in [1.165, 1.54) is 18.4 Å². The molecule has 0 amide bonds. The highest BCUT2D eigenvalue weighted by Crippen LogP contribution is 2.24. The highest BCUT2D eigenvalue weighted by atomic mass is 32.2. The Labute approximate surface area is 157 Å². The van der Waals surface area contributed by atoms with Crippen molar-refractivity contribution in [2.75, 3.05) is 14.1 Å². The molecule has 1 N–H and O–H groups in total. The van der Waals surface area contributed by atoms with Gasteiger partial charge in [0.05, 0.1) is 16.9 Å². The number of aromatic nitrogens is 1. The maximum Gasteiger partial charge on any atom is 0.242 e. The first-order valence-corrected chi connectivity index (χ1v) is 10.4. The van der Waals surface area contributed by atoms with Gasteiger partial charge in [-0.15, -0.1) is 11.3 Å². The third kappa shape index (κ3) is 4.04. The number of sulfonamides is 1. The largest absolute Gasteiger partial charge is 0.462 e. The number of furan rings is 1. The molecule has 8 heteroatoms. The van der Waals surface area contributed by atoms with Crippen LogP contribution in [0.1, 0.15) is 24.2 Å². The average molecular weight is 392 g/mol. The lowest BCUT2D eigenvalue weighted by Crippen LogP contribution is -2.22. The number of hydrogen-bond acceptors (Lipinski definition) is 6. The van der Waals surface area contributed by atoms with Crippen LogP contribution < -0.4 is 5.32 Å². The lowest BCUT2D eigenvalue weighted by molar-refractivity contribution is 0.520. The van der Waals surface area contributed by atoms with Crippen LogP contribution in [0.4, 0.5) is 0 Å². The SMILES string of the molecule is CC(NCc1csc(-c2ccco2)n1)c1ccc(S(=O)(=O)N(C)C)cc1. The van der Waals surface area contributed by atoms with E-state index in [-0.39, 0.29) is 6.04 Å². The third-order valence-corrected chi connectivity index (χ3v) is 6.77. The molecular weight excluding hydrogens is 370 g/mol. The molecule has 3 aromatic rings. The van der Waals surface area contributed by atoms with E-state index in [1.54, 1.807) is 29.7 Å². The molecular formula is C18H21N3O3S2. The molecule has 0 radical (unpaired) electrons. The number of hydrogen-bond donors (Lipinski definition) is 1. The van der Waals surface area contributed by atoms with Crippen LogP contribution in [0, 0.1) is 0 Å². The van der Waals surface area contributed by atoms with E-state index in [2.05, 4.69) is 10.3 Å². The first-order chi connectivity index (χ1) is 12.4. The second-order valence-corrected chi connectivity index (χ2v) is 9.09. The van der Waals surface area contributed by atoms with Gasteiger partial charge >= 0.3 is 0 Å². The van der Waals surface area contributed by atoms with Gasteiger partial charge < -0.3 is 9.73 Å². The highest BCUT2D eigenvalue weighted by molar-refractivity contribution is 7.89. The van der Waals surface area contributed by atoms with Gasteiger partial charge in [-0.1, -0.05) is 12.1 Å². The van der Waals surface area contributed by atoms with Gasteiger partial charge in [0.15, 0.2) is 10.8 Å². The van der Waals surface area contributed by atoms with E-state index in [9.17, 15) is 8.42 Å². The Morgan fingerprint density at radius 2 is 1.96 bits per heavy atom. The molecule has 2 aromatic heterocycles. The summed E-state index contributed by atoms with van der Waals surface area (Å²) in [6, 6.07) is 10.8. The molecule has 26 heavy (non-hydrogen) atoms. The summed E-state index contributed by atoms with van der Waals surface area (Å²) in [5.41, 5.74) is 1.96. The molecule has 0 aliphatic heterocycles. The Morgan fingerprint density at radius 3 is 2.58 bits per heavy atom. The van der Waals surface area contributed by atoms with Crippen molar-refractivity contribution in [1.29, 1.82) is 0 Å². The monoisotopic (exact) mass is 391 g/mol. The van der Waals surface area contributed by atoms with Gasteiger partial charge in [-0.3, -0.25) is 0 Å². The topological polar surface area (TPSA) is 75.4 Å². The van der Waals surface area contributed by atoms with Crippen LogP contribution in [0.5, 0.6) is 0 Å². The first kappa shape index (κ1) is 18.8. The predicted molar refractivity (Wildman–Crippen MR) is 102 cm³/mol. The number of nitrogens with zero attached hydrogens (tertiary/aromatic N) is 2. The minimum Gasteiger partial charge on any atom is -0.462 e. The van der Waals surface area contributed by atoms with E-state index < -0.39 is 10.0 Å². The van der Waals surface area contributed by atoms with Crippen molar-refractivity contribution in [3.8, 4) is 10.8 Å². The van der Waals surface area contributed by atoms with Gasteiger partial charge in [-0.2, -0.15) is 0 Å². The standard InChI is InChI=1S/C18H21N3O3S2/c1-13(14-6-8-16(9-7-14)26(22,23)21(2)3)19-11-15-12-25-18(20-15)17-5-4-10-24-17/h4-10,12-13,19H,11H2,1-3H3. The van der Waals surface area contributed by atoms with Crippen molar-refractivity contribution in [1.82, 2.24) is 14.6 Å². The first-order valence-electron chi connectivity index (χ1n) is 8.12. The number of thiazole rings is 1. The lowest BCUT2D eigenvalue weighted by atomic mass is 10.1.